The molecule has 2 unspecified atom stereocenters. The number of hydrogen-bond donors (Lipinski definition) is 2. The lowest BCUT2D eigenvalue weighted by Crippen LogP contribution is -2.25. The van der Waals surface area contributed by atoms with Gasteiger partial charge in [-0.2, -0.15) is 0 Å². The molecule has 0 spiro atoms. The third kappa shape index (κ3) is 4.70. The van der Waals surface area contributed by atoms with E-state index in [2.05, 4.69) is 20.2 Å². The maximum absolute atomic E-state index is 12.6. The van der Waals surface area contributed by atoms with E-state index in [1.54, 1.807) is 6.20 Å². The van der Waals surface area contributed by atoms with Crippen LogP contribution < -0.4 is 10.2 Å². The molecule has 1 aliphatic carbocycles. The van der Waals surface area contributed by atoms with Crippen LogP contribution in [0.15, 0.2) is 66.0 Å². The number of anilines is 1. The van der Waals surface area contributed by atoms with Crippen molar-refractivity contribution >= 4 is 32.5 Å². The van der Waals surface area contributed by atoms with Gasteiger partial charge in [0.05, 0.1) is 39.6 Å². The second-order valence-corrected chi connectivity index (χ2v) is 11.9. The Balaban J connectivity index is 1.18. The van der Waals surface area contributed by atoms with Crippen molar-refractivity contribution in [3.63, 3.8) is 0 Å². The minimum atomic E-state index is -3.47. The van der Waals surface area contributed by atoms with Crippen molar-refractivity contribution < 1.29 is 18.3 Å². The van der Waals surface area contributed by atoms with E-state index in [-0.39, 0.29) is 23.6 Å². The van der Waals surface area contributed by atoms with E-state index in [9.17, 15) is 18.3 Å². The molecule has 4 aromatic rings. The van der Waals surface area contributed by atoms with E-state index in [0.717, 1.165) is 47.5 Å². The smallest absolute Gasteiger partial charge is 0.253 e. The van der Waals surface area contributed by atoms with Crippen LogP contribution in [-0.2, 0) is 16.4 Å². The fourth-order valence-corrected chi connectivity index (χ4v) is 5.76. The Morgan fingerprint density at radius 1 is 1.05 bits per heavy atom. The average Bonchev–Trinajstić information content (AvgIpc) is 3.40. The molecule has 2 fully saturated rings. The number of fused-ring (bicyclic) bond motifs is 2. The van der Waals surface area contributed by atoms with Crippen LogP contribution in [0.3, 0.4) is 0 Å². The maximum atomic E-state index is 12.6. The summed E-state index contributed by atoms with van der Waals surface area (Å²) < 4.78 is 23.5. The van der Waals surface area contributed by atoms with Gasteiger partial charge >= 0.3 is 0 Å². The average molecular weight is 531 g/mol. The van der Waals surface area contributed by atoms with Crippen molar-refractivity contribution in [2.45, 2.75) is 11.4 Å². The van der Waals surface area contributed by atoms with Crippen LogP contribution in [0.1, 0.15) is 16.1 Å². The normalized spacial score (nSPS) is 20.4. The number of aliphatic hydroxyl groups excluding tert-OH is 1. The van der Waals surface area contributed by atoms with Gasteiger partial charge in [-0.15, -0.1) is 0 Å². The van der Waals surface area contributed by atoms with Crippen LogP contribution >= 0.6 is 0 Å². The highest BCUT2D eigenvalue weighted by Gasteiger charge is 2.55. The van der Waals surface area contributed by atoms with Crippen molar-refractivity contribution in [2.24, 2.45) is 17.8 Å². The highest BCUT2D eigenvalue weighted by molar-refractivity contribution is 7.90. The highest BCUT2D eigenvalue weighted by atomic mass is 32.2. The van der Waals surface area contributed by atoms with Crippen molar-refractivity contribution in [1.82, 2.24) is 25.3 Å². The number of hydrogen-bond acceptors (Lipinski definition) is 9. The summed E-state index contributed by atoms with van der Waals surface area (Å²) in [4.78, 5) is 32.8. The number of pyridine rings is 4. The highest BCUT2D eigenvalue weighted by Crippen LogP contribution is 2.51. The largest absolute Gasteiger partial charge is 0.396 e. The Labute approximate surface area is 219 Å². The van der Waals surface area contributed by atoms with Gasteiger partial charge in [0.2, 0.25) is 0 Å². The van der Waals surface area contributed by atoms with E-state index in [4.69, 9.17) is 9.97 Å². The third-order valence-electron chi connectivity index (χ3n) is 7.37. The summed E-state index contributed by atoms with van der Waals surface area (Å²) in [5.74, 6) is 2.04. The Kier molecular flexibility index (Phi) is 6.04. The molecule has 1 amide bonds. The van der Waals surface area contributed by atoms with Gasteiger partial charge in [-0.1, -0.05) is 6.07 Å². The van der Waals surface area contributed by atoms with Gasteiger partial charge in [0, 0.05) is 49.9 Å². The zero-order valence-electron chi connectivity index (χ0n) is 20.7. The Morgan fingerprint density at radius 2 is 1.84 bits per heavy atom. The van der Waals surface area contributed by atoms with Gasteiger partial charge in [-0.3, -0.25) is 14.8 Å². The molecule has 11 heteroatoms. The van der Waals surface area contributed by atoms with Gasteiger partial charge in [0.15, 0.2) is 9.84 Å². The first kappa shape index (κ1) is 24.4. The first-order valence-electron chi connectivity index (χ1n) is 12.3. The maximum Gasteiger partial charge on any atom is 0.253 e. The fourth-order valence-electron chi connectivity index (χ4n) is 5.17. The first-order chi connectivity index (χ1) is 18.3. The summed E-state index contributed by atoms with van der Waals surface area (Å²) in [5.41, 5.74) is 3.00. The number of piperidine rings is 1. The lowest BCUT2D eigenvalue weighted by atomic mass is 10.2. The number of aromatic nitrogens is 4. The molecule has 4 aromatic heterocycles. The minimum Gasteiger partial charge on any atom is -0.396 e. The molecular weight excluding hydrogens is 504 g/mol. The van der Waals surface area contributed by atoms with E-state index in [1.165, 1.54) is 18.5 Å². The number of rotatable bonds is 7. The number of sulfone groups is 1. The van der Waals surface area contributed by atoms with Crippen LogP contribution in [0.25, 0.3) is 22.3 Å². The molecule has 38 heavy (non-hydrogen) atoms. The minimum absolute atomic E-state index is 0.0146. The summed E-state index contributed by atoms with van der Waals surface area (Å²) in [6.45, 7) is 2.26. The molecule has 0 radical (unpaired) electrons. The van der Waals surface area contributed by atoms with Gasteiger partial charge in [-0.05, 0) is 54.2 Å². The van der Waals surface area contributed by atoms with Crippen molar-refractivity contribution in [3.8, 4) is 11.4 Å². The van der Waals surface area contributed by atoms with Crippen LogP contribution in [-0.4, -0.2) is 65.3 Å². The number of nitrogens with one attached hydrogen (secondary N) is 1. The SMILES string of the molecule is CS(=O)(=O)c1cncc(C(=O)NCc2cc3nc(-c4cccc(N5CC6C(CO)C6C5)n4)ccc3cn2)c1. The van der Waals surface area contributed by atoms with Crippen molar-refractivity contribution in [3.05, 3.63) is 72.3 Å². The lowest BCUT2D eigenvalue weighted by molar-refractivity contribution is 0.0950. The molecule has 5 heterocycles. The van der Waals surface area contributed by atoms with E-state index >= 15 is 0 Å². The molecule has 2 atom stereocenters. The summed E-state index contributed by atoms with van der Waals surface area (Å²) in [6, 6.07) is 12.9. The van der Waals surface area contributed by atoms with E-state index in [0.29, 0.717) is 23.4 Å². The van der Waals surface area contributed by atoms with Crippen molar-refractivity contribution in [1.29, 1.82) is 0 Å². The lowest BCUT2D eigenvalue weighted by Gasteiger charge is -2.21. The Hall–Kier alpha value is -3.96. The second-order valence-electron chi connectivity index (χ2n) is 9.89. The molecule has 1 saturated carbocycles. The number of carbonyl (C=O) groups excluding carboxylic acids is 1. The summed E-state index contributed by atoms with van der Waals surface area (Å²) in [6.07, 6.45) is 5.31. The molecule has 1 aliphatic heterocycles. The summed E-state index contributed by atoms with van der Waals surface area (Å²) in [7, 11) is -3.47. The number of carbonyl (C=O) groups is 1. The summed E-state index contributed by atoms with van der Waals surface area (Å²) >= 11 is 0. The van der Waals surface area contributed by atoms with Crippen molar-refractivity contribution in [2.75, 3.05) is 30.9 Å². The molecule has 0 aromatic carbocycles. The quantitative estimate of drug-likeness (QED) is 0.368. The topological polar surface area (TPSA) is 138 Å². The molecule has 0 bridgehead atoms. The molecule has 10 nitrogen and oxygen atoms in total. The van der Waals surface area contributed by atoms with Crippen LogP contribution in [0, 0.1) is 17.8 Å². The van der Waals surface area contributed by atoms with Gasteiger partial charge in [-0.25, -0.2) is 18.4 Å². The molecule has 1 saturated heterocycles. The molecule has 2 N–H and O–H groups in total. The number of nitrogens with zero attached hydrogens (tertiary/aromatic N) is 5. The van der Waals surface area contributed by atoms with E-state index in [1.807, 2.05) is 36.4 Å². The zero-order chi connectivity index (χ0) is 26.4. The molecule has 2 aliphatic rings. The standard InChI is InChI=1S/C27H26N6O4S/c1-38(36,37)19-7-17(9-28-12-19)27(35)30-11-18-8-25-16(10-29-18)5-6-24(31-25)23-3-2-4-26(32-23)33-13-20-21(14-33)22(20)15-34/h2-10,12,20-22,34H,11,13-15H2,1H3,(H,30,35). The number of amides is 1. The van der Waals surface area contributed by atoms with Gasteiger partial charge < -0.3 is 15.3 Å². The van der Waals surface area contributed by atoms with Gasteiger partial charge in [0.25, 0.3) is 5.91 Å². The third-order valence-corrected chi connectivity index (χ3v) is 8.45. The van der Waals surface area contributed by atoms with E-state index < -0.39 is 15.7 Å². The zero-order valence-corrected chi connectivity index (χ0v) is 21.5. The second kappa shape index (κ2) is 9.41. The Bertz CT molecular complexity index is 1650. The van der Waals surface area contributed by atoms with Crippen LogP contribution in [0.2, 0.25) is 0 Å². The molecule has 194 valence electrons. The predicted octanol–water partition coefficient (Wildman–Crippen LogP) is 2.09. The molecular formula is C27H26N6O4S. The van der Waals surface area contributed by atoms with Gasteiger partial charge in [0.1, 0.15) is 5.82 Å². The summed E-state index contributed by atoms with van der Waals surface area (Å²) in [5, 5.41) is 13.0. The fraction of sp³-hybridized carbons (Fsp3) is 0.296. The predicted molar refractivity (Wildman–Crippen MR) is 141 cm³/mol. The van der Waals surface area contributed by atoms with Crippen LogP contribution in [0.4, 0.5) is 5.82 Å². The Morgan fingerprint density at radius 3 is 2.61 bits per heavy atom. The number of aliphatic hydroxyl groups is 1. The molecule has 6 rings (SSSR count). The monoisotopic (exact) mass is 530 g/mol. The van der Waals surface area contributed by atoms with Crippen LogP contribution in [0.5, 0.6) is 0 Å². The first-order valence-corrected chi connectivity index (χ1v) is 14.2.